The molecule has 0 saturated heterocycles. The van der Waals surface area contributed by atoms with Crippen molar-refractivity contribution in [1.29, 1.82) is 0 Å². The zero-order chi connectivity index (χ0) is 25.2. The van der Waals surface area contributed by atoms with Gasteiger partial charge in [0.1, 0.15) is 11.9 Å². The van der Waals surface area contributed by atoms with Gasteiger partial charge in [0.25, 0.3) is 5.56 Å². The van der Waals surface area contributed by atoms with Crippen molar-refractivity contribution in [3.05, 3.63) is 51.9 Å². The van der Waals surface area contributed by atoms with Crippen molar-refractivity contribution < 1.29 is 14.6 Å². The second-order valence-corrected chi connectivity index (χ2v) is 10.1. The Morgan fingerprint density at radius 1 is 1.26 bits per heavy atom. The van der Waals surface area contributed by atoms with Gasteiger partial charge in [0, 0.05) is 37.5 Å². The first-order chi connectivity index (χ1) is 15.9. The Balaban J connectivity index is 1.85. The maximum absolute atomic E-state index is 12.5. The van der Waals surface area contributed by atoms with Gasteiger partial charge in [-0.1, -0.05) is 26.8 Å². The fraction of sp³-hybridized carbons (Fsp3) is 0.500. The van der Waals surface area contributed by atoms with Crippen LogP contribution in [0.3, 0.4) is 0 Å². The van der Waals surface area contributed by atoms with Crippen LogP contribution in [-0.2, 0) is 29.7 Å². The van der Waals surface area contributed by atoms with Crippen LogP contribution < -0.4 is 10.9 Å². The lowest BCUT2D eigenvalue weighted by molar-refractivity contribution is -0.151. The molecule has 0 radical (unpaired) electrons. The van der Waals surface area contributed by atoms with Crippen LogP contribution in [0, 0.1) is 12.3 Å². The van der Waals surface area contributed by atoms with Gasteiger partial charge in [-0.2, -0.15) is 0 Å². The van der Waals surface area contributed by atoms with Crippen molar-refractivity contribution in [1.82, 2.24) is 19.4 Å². The van der Waals surface area contributed by atoms with Crippen molar-refractivity contribution in [3.63, 3.8) is 0 Å². The predicted molar refractivity (Wildman–Crippen MR) is 134 cm³/mol. The molecule has 8 nitrogen and oxygen atoms in total. The molecule has 0 saturated carbocycles. The van der Waals surface area contributed by atoms with E-state index in [1.54, 1.807) is 25.5 Å². The van der Waals surface area contributed by atoms with Gasteiger partial charge in [0.15, 0.2) is 0 Å². The van der Waals surface area contributed by atoms with E-state index in [-0.39, 0.29) is 17.6 Å². The number of aliphatic hydroxyl groups excluding tert-OH is 1. The van der Waals surface area contributed by atoms with Crippen molar-refractivity contribution in [3.8, 4) is 11.4 Å². The van der Waals surface area contributed by atoms with Gasteiger partial charge in [-0.05, 0) is 49.9 Å². The van der Waals surface area contributed by atoms with E-state index in [0.717, 1.165) is 34.5 Å². The number of esters is 1. The third-order valence-corrected chi connectivity index (χ3v) is 5.66. The molecular formula is C26H36N4O4. The summed E-state index contributed by atoms with van der Waals surface area (Å²) in [5, 5.41) is 13.2. The number of nitrogens with zero attached hydrogens (tertiary/aromatic N) is 3. The van der Waals surface area contributed by atoms with Crippen LogP contribution in [0.15, 0.2) is 35.3 Å². The van der Waals surface area contributed by atoms with E-state index in [1.807, 2.05) is 51.2 Å². The highest BCUT2D eigenvalue weighted by Crippen LogP contribution is 2.25. The molecule has 34 heavy (non-hydrogen) atoms. The van der Waals surface area contributed by atoms with Crippen LogP contribution in [-0.4, -0.2) is 43.9 Å². The number of carbonyl (C=O) groups is 1. The summed E-state index contributed by atoms with van der Waals surface area (Å²) in [4.78, 5) is 29.5. The minimum Gasteiger partial charge on any atom is -0.464 e. The number of pyridine rings is 1. The second-order valence-electron chi connectivity index (χ2n) is 10.1. The second kappa shape index (κ2) is 10.1. The van der Waals surface area contributed by atoms with Crippen LogP contribution in [0.25, 0.3) is 22.4 Å². The standard InChI is InChI=1S/C26H36N4O4/c1-8-30-21-10-9-18(13-27-22(17(3)31)25(33)34-15-26(4,5)6)12-20(21)28-23(30)19-11-16(2)24(32)29(7)14-19/h9-12,14,17,22,27,31H,8,13,15H2,1-7H3. The number of benzene rings is 1. The van der Waals surface area contributed by atoms with E-state index in [9.17, 15) is 14.7 Å². The van der Waals surface area contributed by atoms with E-state index < -0.39 is 18.1 Å². The zero-order valence-corrected chi connectivity index (χ0v) is 21.2. The molecule has 0 aliphatic heterocycles. The minimum absolute atomic E-state index is 0.0232. The van der Waals surface area contributed by atoms with E-state index in [0.29, 0.717) is 12.1 Å². The Hall–Kier alpha value is -2.97. The van der Waals surface area contributed by atoms with Crippen molar-refractivity contribution in [2.45, 2.75) is 66.8 Å². The molecule has 1 aromatic carbocycles. The summed E-state index contributed by atoms with van der Waals surface area (Å²) in [6.07, 6.45) is 0.914. The number of aliphatic hydroxyl groups is 1. The number of carbonyl (C=O) groups excluding carboxylic acids is 1. The number of hydrogen-bond acceptors (Lipinski definition) is 6. The van der Waals surface area contributed by atoms with Crippen molar-refractivity contribution in [2.24, 2.45) is 12.5 Å². The Morgan fingerprint density at radius 2 is 1.97 bits per heavy atom. The molecule has 3 aromatic rings. The first-order valence-corrected chi connectivity index (χ1v) is 11.7. The predicted octanol–water partition coefficient (Wildman–Crippen LogP) is 3.16. The van der Waals surface area contributed by atoms with E-state index in [2.05, 4.69) is 16.8 Å². The molecule has 0 fully saturated rings. The molecule has 0 bridgehead atoms. The first kappa shape index (κ1) is 25.6. The fourth-order valence-corrected chi connectivity index (χ4v) is 3.88. The Bertz CT molecular complexity index is 1210. The van der Waals surface area contributed by atoms with Crippen LogP contribution >= 0.6 is 0 Å². The number of aromatic nitrogens is 3. The van der Waals surface area contributed by atoms with Crippen LogP contribution in [0.4, 0.5) is 0 Å². The molecule has 8 heteroatoms. The maximum Gasteiger partial charge on any atom is 0.325 e. The first-order valence-electron chi connectivity index (χ1n) is 11.7. The number of nitrogens with one attached hydrogen (secondary N) is 1. The molecule has 0 amide bonds. The molecular weight excluding hydrogens is 432 g/mol. The van der Waals surface area contributed by atoms with Crippen molar-refractivity contribution in [2.75, 3.05) is 6.61 Å². The molecule has 0 spiro atoms. The lowest BCUT2D eigenvalue weighted by Gasteiger charge is -2.23. The highest BCUT2D eigenvalue weighted by Gasteiger charge is 2.26. The summed E-state index contributed by atoms with van der Waals surface area (Å²) in [5.74, 6) is 0.336. The highest BCUT2D eigenvalue weighted by molar-refractivity contribution is 5.81. The average Bonchev–Trinajstić information content (AvgIpc) is 3.13. The van der Waals surface area contributed by atoms with E-state index >= 15 is 0 Å². The molecule has 2 unspecified atom stereocenters. The van der Waals surface area contributed by atoms with Gasteiger partial charge >= 0.3 is 5.97 Å². The van der Waals surface area contributed by atoms with Crippen LogP contribution in [0.2, 0.25) is 0 Å². The molecule has 2 heterocycles. The van der Waals surface area contributed by atoms with Gasteiger partial charge in [0.2, 0.25) is 0 Å². The topological polar surface area (TPSA) is 98.4 Å². The molecule has 2 aromatic heterocycles. The fourth-order valence-electron chi connectivity index (χ4n) is 3.88. The number of imidazole rings is 1. The Morgan fingerprint density at radius 3 is 2.56 bits per heavy atom. The number of fused-ring (bicyclic) bond motifs is 1. The highest BCUT2D eigenvalue weighted by atomic mass is 16.5. The van der Waals surface area contributed by atoms with Gasteiger partial charge in [-0.25, -0.2) is 4.98 Å². The summed E-state index contributed by atoms with van der Waals surface area (Å²) in [6.45, 7) is 12.8. The number of hydrogen-bond donors (Lipinski definition) is 2. The van der Waals surface area contributed by atoms with Gasteiger partial charge in [-0.15, -0.1) is 0 Å². The zero-order valence-electron chi connectivity index (χ0n) is 21.2. The minimum atomic E-state index is -0.893. The molecule has 2 atom stereocenters. The van der Waals surface area contributed by atoms with E-state index in [1.165, 1.54) is 0 Å². The monoisotopic (exact) mass is 468 g/mol. The molecule has 3 rings (SSSR count). The third-order valence-electron chi connectivity index (χ3n) is 5.66. The third kappa shape index (κ3) is 5.74. The summed E-state index contributed by atoms with van der Waals surface area (Å²) in [6, 6.07) is 7.02. The van der Waals surface area contributed by atoms with Gasteiger partial charge in [-0.3, -0.25) is 14.9 Å². The maximum atomic E-state index is 12.5. The molecule has 2 N–H and O–H groups in total. The van der Waals surface area contributed by atoms with Crippen molar-refractivity contribution >= 4 is 17.0 Å². The average molecular weight is 469 g/mol. The smallest absolute Gasteiger partial charge is 0.325 e. The van der Waals surface area contributed by atoms with Crippen LogP contribution in [0.5, 0.6) is 0 Å². The number of rotatable bonds is 8. The summed E-state index contributed by atoms with van der Waals surface area (Å²) < 4.78 is 9.09. The Labute approximate surface area is 200 Å². The molecule has 184 valence electrons. The lowest BCUT2D eigenvalue weighted by Crippen LogP contribution is -2.46. The number of aryl methyl sites for hydroxylation is 3. The summed E-state index contributed by atoms with van der Waals surface area (Å²) in [5.41, 5.74) is 4.13. The normalized spacial score (nSPS) is 13.8. The van der Waals surface area contributed by atoms with Gasteiger partial charge < -0.3 is 19.0 Å². The Kier molecular flexibility index (Phi) is 7.63. The molecule has 0 aliphatic carbocycles. The quantitative estimate of drug-likeness (QED) is 0.493. The van der Waals surface area contributed by atoms with Crippen LogP contribution in [0.1, 0.15) is 45.7 Å². The summed E-state index contributed by atoms with van der Waals surface area (Å²) >= 11 is 0. The lowest BCUT2D eigenvalue weighted by atomic mass is 9.98. The largest absolute Gasteiger partial charge is 0.464 e. The summed E-state index contributed by atoms with van der Waals surface area (Å²) in [7, 11) is 1.74. The van der Waals surface area contributed by atoms with Gasteiger partial charge in [0.05, 0.1) is 23.7 Å². The van der Waals surface area contributed by atoms with E-state index in [4.69, 9.17) is 9.72 Å². The molecule has 0 aliphatic rings. The SMILES string of the molecule is CCn1c(-c2cc(C)c(=O)n(C)c2)nc2cc(CNC(C(=O)OCC(C)(C)C)C(C)O)ccc21. The number of ether oxygens (including phenoxy) is 1.